The average molecular weight is 274 g/mol. The van der Waals surface area contributed by atoms with E-state index >= 15 is 0 Å². The molecular weight excluding hydrogens is 258 g/mol. The quantitative estimate of drug-likeness (QED) is 0.569. The molecule has 0 N–H and O–H groups in total. The molecule has 2 heteroatoms. The molecule has 0 fully saturated rings. The summed E-state index contributed by atoms with van der Waals surface area (Å²) in [6, 6.07) is 15.2. The fraction of sp³-hybridized carbons (Fsp3) is 0.211. The lowest BCUT2D eigenvalue weighted by atomic mass is 9.80. The summed E-state index contributed by atoms with van der Waals surface area (Å²) in [7, 11) is 0. The molecule has 0 atom stereocenters. The summed E-state index contributed by atoms with van der Waals surface area (Å²) in [6.45, 7) is 5.25. The number of rotatable bonds is 0. The van der Waals surface area contributed by atoms with E-state index in [0.717, 1.165) is 5.75 Å². The van der Waals surface area contributed by atoms with Crippen molar-refractivity contribution in [3.8, 4) is 17.0 Å². The van der Waals surface area contributed by atoms with Crippen molar-refractivity contribution in [3.63, 3.8) is 0 Å². The Morgan fingerprint density at radius 1 is 1.10 bits per heavy atom. The Morgan fingerprint density at radius 3 is 2.86 bits per heavy atom. The molecule has 0 spiro atoms. The number of ether oxygens (including phenoxy) is 1. The minimum Gasteiger partial charge on any atom is -0.435 e. The van der Waals surface area contributed by atoms with Crippen LogP contribution in [0.3, 0.4) is 0 Å². The van der Waals surface area contributed by atoms with Gasteiger partial charge in [-0.05, 0) is 28.5 Å². The maximum atomic E-state index is 6.03. The zero-order chi connectivity index (χ0) is 14.2. The third-order valence-electron chi connectivity index (χ3n) is 4.98. The molecule has 0 amide bonds. The van der Waals surface area contributed by atoms with E-state index in [1.807, 2.05) is 0 Å². The van der Waals surface area contributed by atoms with E-state index in [9.17, 15) is 0 Å². The van der Waals surface area contributed by atoms with Crippen LogP contribution in [-0.4, -0.2) is 0 Å². The second kappa shape index (κ2) is 3.45. The Labute approximate surface area is 123 Å². The normalized spacial score (nSPS) is 16.7. The largest absolute Gasteiger partial charge is 0.435 e. The molecule has 2 heterocycles. The van der Waals surface area contributed by atoms with Gasteiger partial charge in [0.15, 0.2) is 6.20 Å². The van der Waals surface area contributed by atoms with Gasteiger partial charge in [-0.25, -0.2) is 0 Å². The summed E-state index contributed by atoms with van der Waals surface area (Å²) in [5, 5.41) is 2.61. The van der Waals surface area contributed by atoms with Crippen LogP contribution < -0.4 is 9.30 Å². The van der Waals surface area contributed by atoms with Crippen molar-refractivity contribution in [1.82, 2.24) is 0 Å². The molecule has 0 unspecified atom stereocenters. The molecule has 5 rings (SSSR count). The number of aromatic nitrogens is 1. The maximum Gasteiger partial charge on any atom is 0.292 e. The van der Waals surface area contributed by atoms with E-state index in [1.54, 1.807) is 0 Å². The van der Waals surface area contributed by atoms with E-state index in [1.165, 1.54) is 33.2 Å². The zero-order valence-electron chi connectivity index (χ0n) is 12.2. The first-order chi connectivity index (χ1) is 10.2. The summed E-state index contributed by atoms with van der Waals surface area (Å²) in [6.07, 6.45) is 2.11. The SMILES string of the molecule is CC1(C)c2ccc[n+]3c2-c2c(cc4ccccc4c21)OC3. The molecule has 3 aromatic rings. The third kappa shape index (κ3) is 1.21. The lowest BCUT2D eigenvalue weighted by Gasteiger charge is -2.22. The maximum absolute atomic E-state index is 6.03. The van der Waals surface area contributed by atoms with Crippen molar-refractivity contribution >= 4 is 10.8 Å². The summed E-state index contributed by atoms with van der Waals surface area (Å²) in [4.78, 5) is 0. The number of pyridine rings is 1. The van der Waals surface area contributed by atoms with E-state index in [2.05, 4.69) is 67.1 Å². The predicted molar refractivity (Wildman–Crippen MR) is 82.3 cm³/mol. The van der Waals surface area contributed by atoms with Crippen LogP contribution in [0, 0.1) is 0 Å². The molecule has 2 aliphatic rings. The van der Waals surface area contributed by atoms with E-state index in [4.69, 9.17) is 4.74 Å². The van der Waals surface area contributed by atoms with Crippen molar-refractivity contribution in [1.29, 1.82) is 0 Å². The van der Waals surface area contributed by atoms with Crippen LogP contribution in [0.15, 0.2) is 48.7 Å². The van der Waals surface area contributed by atoms with Gasteiger partial charge in [-0.2, -0.15) is 4.57 Å². The van der Waals surface area contributed by atoms with Gasteiger partial charge in [-0.1, -0.05) is 38.1 Å². The predicted octanol–water partition coefficient (Wildman–Crippen LogP) is 3.78. The van der Waals surface area contributed by atoms with E-state index in [0.29, 0.717) is 6.73 Å². The van der Waals surface area contributed by atoms with Crippen LogP contribution in [0.2, 0.25) is 0 Å². The minimum atomic E-state index is 0.0109. The zero-order valence-corrected chi connectivity index (χ0v) is 12.2. The number of benzene rings is 2. The van der Waals surface area contributed by atoms with Crippen LogP contribution in [0.4, 0.5) is 0 Å². The Hall–Kier alpha value is -2.35. The Bertz CT molecular complexity index is 924. The lowest BCUT2D eigenvalue weighted by Crippen LogP contribution is -2.41. The first-order valence-corrected chi connectivity index (χ1v) is 7.40. The van der Waals surface area contributed by atoms with Gasteiger partial charge in [0.05, 0.1) is 5.56 Å². The highest BCUT2D eigenvalue weighted by molar-refractivity contribution is 5.99. The molecule has 2 aromatic carbocycles. The molecule has 0 bridgehead atoms. The van der Waals surface area contributed by atoms with Crippen molar-refractivity contribution < 1.29 is 9.30 Å². The Balaban J connectivity index is 2.06. The molecule has 0 radical (unpaired) electrons. The molecule has 1 aliphatic heterocycles. The first-order valence-electron chi connectivity index (χ1n) is 7.40. The number of hydrogen-bond donors (Lipinski definition) is 0. The minimum absolute atomic E-state index is 0.0109. The second-order valence-electron chi connectivity index (χ2n) is 6.48. The topological polar surface area (TPSA) is 13.1 Å². The lowest BCUT2D eigenvalue weighted by molar-refractivity contribution is -0.717. The standard InChI is InChI=1S/C19H16NO/c1-19(2)14-8-5-9-20-11-21-15-10-12-6-3-4-7-13(12)17(19)16(15)18(14)20/h3-10H,11H2,1-2H3/q+1. The van der Waals surface area contributed by atoms with Gasteiger partial charge in [-0.15, -0.1) is 0 Å². The van der Waals surface area contributed by atoms with Crippen LogP contribution in [0.1, 0.15) is 25.0 Å². The highest BCUT2D eigenvalue weighted by atomic mass is 16.5. The number of fused-ring (bicyclic) bond motifs is 2. The summed E-state index contributed by atoms with van der Waals surface area (Å²) >= 11 is 0. The van der Waals surface area contributed by atoms with Gasteiger partial charge in [0.2, 0.25) is 5.69 Å². The molecule has 0 saturated heterocycles. The molecule has 1 aromatic heterocycles. The third-order valence-corrected chi connectivity index (χ3v) is 4.98. The van der Waals surface area contributed by atoms with Gasteiger partial charge >= 0.3 is 0 Å². The molecule has 102 valence electrons. The smallest absolute Gasteiger partial charge is 0.292 e. The number of nitrogens with zero attached hydrogens (tertiary/aromatic N) is 1. The van der Waals surface area contributed by atoms with Crippen molar-refractivity contribution in [3.05, 3.63) is 59.8 Å². The first kappa shape index (κ1) is 11.3. The van der Waals surface area contributed by atoms with E-state index < -0.39 is 0 Å². The summed E-state index contributed by atoms with van der Waals surface area (Å²) < 4.78 is 8.26. The van der Waals surface area contributed by atoms with Crippen LogP contribution in [-0.2, 0) is 12.1 Å². The fourth-order valence-corrected chi connectivity index (χ4v) is 4.04. The van der Waals surface area contributed by atoms with Crippen LogP contribution in [0.5, 0.6) is 5.75 Å². The van der Waals surface area contributed by atoms with Gasteiger partial charge in [0.25, 0.3) is 6.73 Å². The fourth-order valence-electron chi connectivity index (χ4n) is 4.04. The van der Waals surface area contributed by atoms with Gasteiger partial charge in [-0.3, -0.25) is 0 Å². The molecule has 21 heavy (non-hydrogen) atoms. The summed E-state index contributed by atoms with van der Waals surface area (Å²) in [5.74, 6) is 1.03. The Kier molecular flexibility index (Phi) is 1.86. The number of hydrogen-bond acceptors (Lipinski definition) is 1. The van der Waals surface area contributed by atoms with Crippen molar-refractivity contribution in [2.45, 2.75) is 26.0 Å². The molecule has 0 saturated carbocycles. The Morgan fingerprint density at radius 2 is 1.95 bits per heavy atom. The average Bonchev–Trinajstić information content (AvgIpc) is 2.75. The van der Waals surface area contributed by atoms with Crippen molar-refractivity contribution in [2.24, 2.45) is 0 Å². The molecule has 1 aliphatic carbocycles. The van der Waals surface area contributed by atoms with Crippen LogP contribution in [0.25, 0.3) is 22.0 Å². The van der Waals surface area contributed by atoms with Gasteiger partial charge < -0.3 is 4.74 Å². The highest BCUT2D eigenvalue weighted by Gasteiger charge is 2.46. The van der Waals surface area contributed by atoms with Crippen LogP contribution >= 0.6 is 0 Å². The molecule has 2 nitrogen and oxygen atoms in total. The monoisotopic (exact) mass is 274 g/mol. The van der Waals surface area contributed by atoms with E-state index in [-0.39, 0.29) is 5.41 Å². The van der Waals surface area contributed by atoms with Crippen molar-refractivity contribution in [2.75, 3.05) is 0 Å². The second-order valence-corrected chi connectivity index (χ2v) is 6.48. The highest BCUT2D eigenvalue weighted by Crippen LogP contribution is 2.54. The summed E-state index contributed by atoms with van der Waals surface area (Å²) in [5.41, 5.74) is 5.45. The van der Waals surface area contributed by atoms with Gasteiger partial charge in [0, 0.05) is 17.0 Å². The molecular formula is C19H16NO+. The van der Waals surface area contributed by atoms with Gasteiger partial charge in [0.1, 0.15) is 5.75 Å².